The minimum absolute atomic E-state index is 0.622. The van der Waals surface area contributed by atoms with Crippen molar-refractivity contribution in [2.45, 2.75) is 6.42 Å². The van der Waals surface area contributed by atoms with Gasteiger partial charge in [0.05, 0.1) is 5.69 Å². The minimum Gasteiger partial charge on any atom is -0.220 e. The highest BCUT2D eigenvalue weighted by atomic mass is 79.9. The van der Waals surface area contributed by atoms with Crippen LogP contribution >= 0.6 is 15.9 Å². The van der Waals surface area contributed by atoms with Gasteiger partial charge < -0.3 is 0 Å². The van der Waals surface area contributed by atoms with Gasteiger partial charge in [0.1, 0.15) is 0 Å². The summed E-state index contributed by atoms with van der Waals surface area (Å²) in [5.74, 6) is 1.39. The van der Waals surface area contributed by atoms with Crippen molar-refractivity contribution >= 4 is 21.7 Å². The molecule has 0 aliphatic rings. The third-order valence-corrected chi connectivity index (χ3v) is 4.16. The zero-order valence-corrected chi connectivity index (χ0v) is 13.8. The minimum atomic E-state index is 0.622. The molecule has 0 amide bonds. The molecule has 0 aliphatic carbocycles. The van der Waals surface area contributed by atoms with Gasteiger partial charge in [0.25, 0.3) is 5.78 Å². The van der Waals surface area contributed by atoms with Crippen LogP contribution in [0.3, 0.4) is 0 Å². The van der Waals surface area contributed by atoms with Crippen molar-refractivity contribution in [1.82, 2.24) is 19.6 Å². The van der Waals surface area contributed by atoms with E-state index in [2.05, 4.69) is 55.3 Å². The van der Waals surface area contributed by atoms with E-state index < -0.39 is 0 Å². The van der Waals surface area contributed by atoms with E-state index in [4.69, 9.17) is 0 Å². The Morgan fingerprint density at radius 1 is 0.913 bits per heavy atom. The molecule has 0 fully saturated rings. The van der Waals surface area contributed by atoms with E-state index in [9.17, 15) is 0 Å². The Bertz CT molecular complexity index is 946. The van der Waals surface area contributed by atoms with E-state index in [0.29, 0.717) is 12.2 Å². The van der Waals surface area contributed by atoms with Crippen molar-refractivity contribution in [3.05, 3.63) is 82.7 Å². The van der Waals surface area contributed by atoms with Crippen molar-refractivity contribution < 1.29 is 0 Å². The molecular weight excluding hydrogens is 352 g/mol. The molecule has 23 heavy (non-hydrogen) atoms. The molecule has 2 aromatic carbocycles. The maximum Gasteiger partial charge on any atom is 0.252 e. The molecular formula is C18H13BrN4. The van der Waals surface area contributed by atoms with Crippen LogP contribution in [-0.4, -0.2) is 19.6 Å². The Labute approximate surface area is 142 Å². The van der Waals surface area contributed by atoms with E-state index in [1.54, 1.807) is 6.20 Å². The Morgan fingerprint density at radius 2 is 1.70 bits per heavy atom. The van der Waals surface area contributed by atoms with Gasteiger partial charge in [-0.25, -0.2) is 4.98 Å². The predicted molar refractivity (Wildman–Crippen MR) is 93.2 cm³/mol. The fraction of sp³-hybridized carbons (Fsp3) is 0.0556. The number of fused-ring (bicyclic) bond motifs is 1. The molecule has 4 nitrogen and oxygen atoms in total. The second kappa shape index (κ2) is 5.93. The lowest BCUT2D eigenvalue weighted by Crippen LogP contribution is -1.96. The lowest BCUT2D eigenvalue weighted by atomic mass is 10.1. The average molecular weight is 365 g/mol. The summed E-state index contributed by atoms with van der Waals surface area (Å²) in [7, 11) is 0. The van der Waals surface area contributed by atoms with Gasteiger partial charge in [-0.1, -0.05) is 58.4 Å². The lowest BCUT2D eigenvalue weighted by Gasteiger charge is -2.03. The van der Waals surface area contributed by atoms with Crippen molar-refractivity contribution in [3.8, 4) is 11.3 Å². The Hall–Kier alpha value is -2.53. The molecule has 0 unspecified atom stereocenters. The van der Waals surface area contributed by atoms with Crippen LogP contribution in [0.1, 0.15) is 11.4 Å². The summed E-state index contributed by atoms with van der Waals surface area (Å²) in [5, 5.41) is 4.64. The first-order chi connectivity index (χ1) is 11.3. The summed E-state index contributed by atoms with van der Waals surface area (Å²) < 4.78 is 2.86. The summed E-state index contributed by atoms with van der Waals surface area (Å²) in [6.07, 6.45) is 2.47. The Balaban J connectivity index is 1.77. The average Bonchev–Trinajstić information content (AvgIpc) is 2.99. The van der Waals surface area contributed by atoms with Gasteiger partial charge in [0, 0.05) is 22.7 Å². The van der Waals surface area contributed by atoms with Crippen molar-refractivity contribution in [3.63, 3.8) is 0 Å². The van der Waals surface area contributed by atoms with Crippen LogP contribution in [0, 0.1) is 0 Å². The normalized spacial score (nSPS) is 11.0. The van der Waals surface area contributed by atoms with Gasteiger partial charge in [0.15, 0.2) is 5.82 Å². The summed E-state index contributed by atoms with van der Waals surface area (Å²) in [6.45, 7) is 0. The zero-order chi connectivity index (χ0) is 15.6. The largest absolute Gasteiger partial charge is 0.252 e. The summed E-state index contributed by atoms with van der Waals surface area (Å²) >= 11 is 3.46. The van der Waals surface area contributed by atoms with Gasteiger partial charge >= 0.3 is 0 Å². The zero-order valence-electron chi connectivity index (χ0n) is 12.2. The highest BCUT2D eigenvalue weighted by Gasteiger charge is 2.10. The van der Waals surface area contributed by atoms with Crippen molar-refractivity contribution in [2.75, 3.05) is 0 Å². The molecule has 2 heterocycles. The van der Waals surface area contributed by atoms with E-state index in [1.807, 2.05) is 40.9 Å². The van der Waals surface area contributed by atoms with Crippen LogP contribution in [0.5, 0.6) is 0 Å². The van der Waals surface area contributed by atoms with Crippen molar-refractivity contribution in [1.29, 1.82) is 0 Å². The smallest absolute Gasteiger partial charge is 0.220 e. The van der Waals surface area contributed by atoms with Crippen LogP contribution < -0.4 is 0 Å². The number of hydrogen-bond donors (Lipinski definition) is 0. The van der Waals surface area contributed by atoms with E-state index in [-0.39, 0.29) is 0 Å². The molecule has 0 spiro atoms. The number of nitrogens with zero attached hydrogens (tertiary/aromatic N) is 4. The van der Waals surface area contributed by atoms with Gasteiger partial charge in [-0.2, -0.15) is 9.50 Å². The fourth-order valence-corrected chi connectivity index (χ4v) is 2.79. The molecule has 4 rings (SSSR count). The Kier molecular flexibility index (Phi) is 3.63. The third kappa shape index (κ3) is 2.87. The van der Waals surface area contributed by atoms with Crippen LogP contribution in [-0.2, 0) is 6.42 Å². The van der Waals surface area contributed by atoms with Crippen LogP contribution in [0.2, 0.25) is 0 Å². The molecule has 5 heteroatoms. The molecule has 0 N–H and O–H groups in total. The molecule has 0 bridgehead atoms. The van der Waals surface area contributed by atoms with E-state index in [1.165, 1.54) is 5.56 Å². The van der Waals surface area contributed by atoms with Gasteiger partial charge in [-0.05, 0) is 23.8 Å². The Morgan fingerprint density at radius 3 is 2.48 bits per heavy atom. The molecule has 112 valence electrons. The SMILES string of the molecule is Brc1ccc(-c2ccnc3nc(Cc4ccccc4)nn23)cc1. The third-order valence-electron chi connectivity index (χ3n) is 3.63. The first-order valence-corrected chi connectivity index (χ1v) is 8.09. The fourth-order valence-electron chi connectivity index (χ4n) is 2.53. The summed E-state index contributed by atoms with van der Waals surface area (Å²) in [6, 6.07) is 20.3. The predicted octanol–water partition coefficient (Wildman–Crippen LogP) is 4.14. The molecule has 0 radical (unpaired) electrons. The number of rotatable bonds is 3. The number of benzene rings is 2. The standard InChI is InChI=1S/C18H13BrN4/c19-15-8-6-14(7-9-15)16-10-11-20-18-21-17(22-23(16)18)12-13-4-2-1-3-5-13/h1-11H,12H2. The molecule has 2 aromatic heterocycles. The molecule has 0 saturated carbocycles. The van der Waals surface area contributed by atoms with E-state index >= 15 is 0 Å². The van der Waals surface area contributed by atoms with Gasteiger partial charge in [-0.3, -0.25) is 0 Å². The quantitative estimate of drug-likeness (QED) is 0.548. The maximum atomic E-state index is 4.64. The first kappa shape index (κ1) is 14.1. The molecule has 0 atom stereocenters. The van der Waals surface area contributed by atoms with Gasteiger partial charge in [-0.15, -0.1) is 5.10 Å². The number of hydrogen-bond acceptors (Lipinski definition) is 3. The van der Waals surface area contributed by atoms with Crippen LogP contribution in [0.25, 0.3) is 17.0 Å². The molecule has 0 saturated heterocycles. The summed E-state index contributed by atoms with van der Waals surface area (Å²) in [5.41, 5.74) is 3.25. The van der Waals surface area contributed by atoms with Crippen molar-refractivity contribution in [2.24, 2.45) is 0 Å². The number of aromatic nitrogens is 4. The highest BCUT2D eigenvalue weighted by Crippen LogP contribution is 2.21. The lowest BCUT2D eigenvalue weighted by molar-refractivity contribution is 0.898. The second-order valence-electron chi connectivity index (χ2n) is 5.24. The number of halogens is 1. The van der Waals surface area contributed by atoms with Gasteiger partial charge in [0.2, 0.25) is 0 Å². The topological polar surface area (TPSA) is 43.1 Å². The highest BCUT2D eigenvalue weighted by molar-refractivity contribution is 9.10. The van der Waals surface area contributed by atoms with Crippen LogP contribution in [0.15, 0.2) is 71.3 Å². The molecule has 4 aromatic rings. The maximum absolute atomic E-state index is 4.64. The van der Waals surface area contributed by atoms with E-state index in [0.717, 1.165) is 21.6 Å². The summed E-state index contributed by atoms with van der Waals surface area (Å²) in [4.78, 5) is 8.87. The van der Waals surface area contributed by atoms with Crippen LogP contribution in [0.4, 0.5) is 0 Å². The monoisotopic (exact) mass is 364 g/mol. The molecule has 0 aliphatic heterocycles. The second-order valence-corrected chi connectivity index (χ2v) is 6.15. The first-order valence-electron chi connectivity index (χ1n) is 7.30.